The molecule has 1 heterocycles. The summed E-state index contributed by atoms with van der Waals surface area (Å²) in [6.45, 7) is 4.12. The van der Waals surface area contributed by atoms with Crippen molar-refractivity contribution in [2.24, 2.45) is 0 Å². The van der Waals surface area contributed by atoms with Gasteiger partial charge in [0.1, 0.15) is 0 Å². The van der Waals surface area contributed by atoms with Crippen molar-refractivity contribution in [2.45, 2.75) is 25.8 Å². The van der Waals surface area contributed by atoms with E-state index in [1.165, 1.54) is 5.56 Å². The zero-order valence-electron chi connectivity index (χ0n) is 16.7. The van der Waals surface area contributed by atoms with Gasteiger partial charge < -0.3 is 5.32 Å². The number of carbonyl (C=O) groups is 1. The lowest BCUT2D eigenvalue weighted by molar-refractivity contribution is -0.143. The number of benzene rings is 2. The van der Waals surface area contributed by atoms with E-state index in [2.05, 4.69) is 10.4 Å². The Balaban J connectivity index is 1.64. The fourth-order valence-corrected chi connectivity index (χ4v) is 3.69. The van der Waals surface area contributed by atoms with Crippen LogP contribution in [0.2, 0.25) is 0 Å². The average Bonchev–Trinajstić information content (AvgIpc) is 3.15. The number of amides is 1. The van der Waals surface area contributed by atoms with Gasteiger partial charge in [0.25, 0.3) is 5.91 Å². The van der Waals surface area contributed by atoms with E-state index in [0.29, 0.717) is 5.75 Å². The van der Waals surface area contributed by atoms with E-state index < -0.39 is 23.3 Å². The molecule has 0 saturated heterocycles. The number of nitrogens with zero attached hydrogens (tertiary/aromatic N) is 2. The number of halogens is 3. The second kappa shape index (κ2) is 9.38. The first-order valence-electron chi connectivity index (χ1n) is 9.39. The number of alkyl halides is 3. The molecule has 1 N–H and O–H groups in total. The van der Waals surface area contributed by atoms with Crippen LogP contribution in [0.25, 0.3) is 5.69 Å². The molecule has 0 spiro atoms. The Kier molecular flexibility index (Phi) is 6.87. The Morgan fingerprint density at radius 1 is 1.03 bits per heavy atom. The zero-order valence-corrected chi connectivity index (χ0v) is 17.5. The summed E-state index contributed by atoms with van der Waals surface area (Å²) >= 11 is 1.60. The number of carbonyl (C=O) groups excluding carboxylic acids is 1. The van der Waals surface area contributed by atoms with Crippen LogP contribution in [0.15, 0.2) is 54.7 Å². The lowest BCUT2D eigenvalue weighted by atomic mass is 10.2. The minimum atomic E-state index is -4.71. The molecule has 0 aliphatic heterocycles. The van der Waals surface area contributed by atoms with Gasteiger partial charge in [0.2, 0.25) is 0 Å². The molecule has 0 unspecified atom stereocenters. The van der Waals surface area contributed by atoms with E-state index in [4.69, 9.17) is 0 Å². The fraction of sp³-hybridized carbons (Fsp3) is 0.273. The first kappa shape index (κ1) is 22.0. The number of rotatable bonds is 7. The van der Waals surface area contributed by atoms with Gasteiger partial charge in [-0.05, 0) is 31.5 Å². The summed E-state index contributed by atoms with van der Waals surface area (Å²) in [6.07, 6.45) is -3.74. The number of aromatic nitrogens is 2. The van der Waals surface area contributed by atoms with Gasteiger partial charge in [-0.2, -0.15) is 30.0 Å². The van der Waals surface area contributed by atoms with E-state index in [-0.39, 0.29) is 12.2 Å². The first-order valence-corrected chi connectivity index (χ1v) is 10.5. The molecule has 30 heavy (non-hydrogen) atoms. The molecule has 3 aromatic rings. The van der Waals surface area contributed by atoms with Gasteiger partial charge in [0.15, 0.2) is 5.69 Å². The highest BCUT2D eigenvalue weighted by Crippen LogP contribution is 2.33. The smallest absolute Gasteiger partial charge is 0.351 e. The maximum Gasteiger partial charge on any atom is 0.434 e. The highest BCUT2D eigenvalue weighted by atomic mass is 32.2. The molecule has 3 rings (SSSR count). The van der Waals surface area contributed by atoms with E-state index in [9.17, 15) is 18.0 Å². The standard InChI is InChI=1S/C22H22F3N3OS/c1-15-3-7-17(8-4-15)14-30-12-11-26-21(29)19-13-27-28(20(19)22(23,24)25)18-9-5-16(2)6-10-18/h3-10,13H,11-12,14H2,1-2H3,(H,26,29). The molecule has 2 aromatic carbocycles. The number of thioether (sulfide) groups is 1. The third-order valence-corrected chi connectivity index (χ3v) is 5.51. The summed E-state index contributed by atoms with van der Waals surface area (Å²) in [4.78, 5) is 12.4. The largest absolute Gasteiger partial charge is 0.434 e. The van der Waals surface area contributed by atoms with Crippen molar-refractivity contribution in [3.8, 4) is 5.69 Å². The van der Waals surface area contributed by atoms with Crippen LogP contribution in [-0.4, -0.2) is 28.0 Å². The van der Waals surface area contributed by atoms with Crippen molar-refractivity contribution in [1.82, 2.24) is 15.1 Å². The minimum absolute atomic E-state index is 0.251. The lowest BCUT2D eigenvalue weighted by Gasteiger charge is -2.13. The monoisotopic (exact) mass is 433 g/mol. The fourth-order valence-electron chi connectivity index (χ4n) is 2.88. The van der Waals surface area contributed by atoms with Crippen molar-refractivity contribution >= 4 is 17.7 Å². The molecule has 0 radical (unpaired) electrons. The molecule has 0 saturated carbocycles. The van der Waals surface area contributed by atoms with Gasteiger partial charge in [0, 0.05) is 18.1 Å². The summed E-state index contributed by atoms with van der Waals surface area (Å²) < 4.78 is 41.8. The zero-order chi connectivity index (χ0) is 21.7. The van der Waals surface area contributed by atoms with Crippen LogP contribution in [0.3, 0.4) is 0 Å². The normalized spacial score (nSPS) is 11.5. The summed E-state index contributed by atoms with van der Waals surface area (Å²) in [6, 6.07) is 14.6. The summed E-state index contributed by atoms with van der Waals surface area (Å²) in [5.41, 5.74) is 1.96. The van der Waals surface area contributed by atoms with E-state index in [1.807, 2.05) is 38.1 Å². The first-order chi connectivity index (χ1) is 14.3. The summed E-state index contributed by atoms with van der Waals surface area (Å²) in [5, 5.41) is 6.39. The Bertz CT molecular complexity index is 996. The van der Waals surface area contributed by atoms with Crippen molar-refractivity contribution in [3.63, 3.8) is 0 Å². The second-order valence-electron chi connectivity index (χ2n) is 6.95. The average molecular weight is 433 g/mol. The third kappa shape index (κ3) is 5.44. The van der Waals surface area contributed by atoms with E-state index >= 15 is 0 Å². The van der Waals surface area contributed by atoms with E-state index in [1.54, 1.807) is 36.0 Å². The molecule has 0 fully saturated rings. The second-order valence-corrected chi connectivity index (χ2v) is 8.05. The Hall–Kier alpha value is -2.74. The third-order valence-electron chi connectivity index (χ3n) is 4.48. The van der Waals surface area contributed by atoms with Crippen LogP contribution in [0, 0.1) is 13.8 Å². The number of aryl methyl sites for hydroxylation is 2. The molecule has 4 nitrogen and oxygen atoms in total. The number of hydrogen-bond donors (Lipinski definition) is 1. The van der Waals surface area contributed by atoms with Crippen LogP contribution in [0.1, 0.15) is 32.7 Å². The van der Waals surface area contributed by atoms with Crippen LogP contribution in [0.5, 0.6) is 0 Å². The summed E-state index contributed by atoms with van der Waals surface area (Å²) in [5.74, 6) is 0.583. The van der Waals surface area contributed by atoms with E-state index in [0.717, 1.165) is 27.8 Å². The Morgan fingerprint density at radius 2 is 1.63 bits per heavy atom. The molecule has 0 aliphatic rings. The molecule has 1 aromatic heterocycles. The Labute approximate surface area is 177 Å². The van der Waals surface area contributed by atoms with Crippen molar-refractivity contribution < 1.29 is 18.0 Å². The molecule has 0 aliphatic carbocycles. The maximum atomic E-state index is 13.7. The van der Waals surface area contributed by atoms with Gasteiger partial charge in [-0.25, -0.2) is 4.68 Å². The lowest BCUT2D eigenvalue weighted by Crippen LogP contribution is -2.28. The molecule has 8 heteroatoms. The number of hydrogen-bond acceptors (Lipinski definition) is 3. The van der Waals surface area contributed by atoms with Crippen molar-refractivity contribution in [2.75, 3.05) is 12.3 Å². The molecule has 158 valence electrons. The highest BCUT2D eigenvalue weighted by molar-refractivity contribution is 7.98. The van der Waals surface area contributed by atoms with Crippen molar-refractivity contribution in [3.05, 3.63) is 82.7 Å². The Morgan fingerprint density at radius 3 is 2.23 bits per heavy atom. The minimum Gasteiger partial charge on any atom is -0.351 e. The van der Waals surface area contributed by atoms with Gasteiger partial charge >= 0.3 is 6.18 Å². The number of nitrogens with one attached hydrogen (secondary N) is 1. The topological polar surface area (TPSA) is 46.9 Å². The summed E-state index contributed by atoms with van der Waals surface area (Å²) in [7, 11) is 0. The van der Waals surface area contributed by atoms with Crippen LogP contribution < -0.4 is 5.32 Å². The molecular weight excluding hydrogens is 411 g/mol. The van der Waals surface area contributed by atoms with Crippen LogP contribution >= 0.6 is 11.8 Å². The quantitative estimate of drug-likeness (QED) is 0.523. The maximum absolute atomic E-state index is 13.7. The SMILES string of the molecule is Cc1ccc(CSCCNC(=O)c2cnn(-c3ccc(C)cc3)c2C(F)(F)F)cc1. The highest BCUT2D eigenvalue weighted by Gasteiger charge is 2.40. The molecule has 0 bridgehead atoms. The van der Waals surface area contributed by atoms with Crippen molar-refractivity contribution in [1.29, 1.82) is 0 Å². The molecule has 0 atom stereocenters. The molecular formula is C22H22F3N3OS. The predicted molar refractivity (Wildman–Crippen MR) is 113 cm³/mol. The van der Waals surface area contributed by atoms with Gasteiger partial charge in [-0.3, -0.25) is 4.79 Å². The van der Waals surface area contributed by atoms with Gasteiger partial charge in [0.05, 0.1) is 17.4 Å². The van der Waals surface area contributed by atoms with Gasteiger partial charge in [-0.15, -0.1) is 0 Å². The predicted octanol–water partition coefficient (Wildman–Crippen LogP) is 5.17. The van der Waals surface area contributed by atoms with Gasteiger partial charge in [-0.1, -0.05) is 47.5 Å². The molecule has 1 amide bonds. The van der Waals surface area contributed by atoms with Crippen LogP contribution in [0.4, 0.5) is 13.2 Å². The van der Waals surface area contributed by atoms with Crippen LogP contribution in [-0.2, 0) is 11.9 Å².